The molecule has 3 aromatic rings. The summed E-state index contributed by atoms with van der Waals surface area (Å²) in [6.07, 6.45) is 0. The number of amides is 1. The summed E-state index contributed by atoms with van der Waals surface area (Å²) in [5, 5.41) is 4.20. The fourth-order valence-electron chi connectivity index (χ4n) is 3.03. The highest BCUT2D eigenvalue weighted by molar-refractivity contribution is 7.92. The number of benzene rings is 3. The van der Waals surface area contributed by atoms with Crippen LogP contribution in [0.25, 0.3) is 0 Å². The topological polar surface area (TPSA) is 88.1 Å². The number of hydrogen-bond donors (Lipinski definition) is 1. The average molecular weight is 504 g/mol. The van der Waals surface area contributed by atoms with Gasteiger partial charge in [-0.3, -0.25) is 9.10 Å². The van der Waals surface area contributed by atoms with Gasteiger partial charge >= 0.3 is 0 Å². The molecule has 0 aliphatic carbocycles. The third-order valence-electron chi connectivity index (χ3n) is 4.93. The first-order chi connectivity index (χ1) is 16.1. The molecule has 3 rings (SSSR count). The Balaban J connectivity index is 1.91. The minimum absolute atomic E-state index is 0.0174. The lowest BCUT2D eigenvalue weighted by Crippen LogP contribution is -2.39. The zero-order chi connectivity index (χ0) is 24.9. The summed E-state index contributed by atoms with van der Waals surface area (Å²) in [7, 11) is -2.67. The van der Waals surface area contributed by atoms with Crippen molar-refractivity contribution in [2.24, 2.45) is 5.10 Å². The third kappa shape index (κ3) is 5.92. The molecule has 1 N–H and O–H groups in total. The number of methoxy groups -OCH3 is 1. The molecule has 0 saturated heterocycles. The Labute approximate surface area is 202 Å². The van der Waals surface area contributed by atoms with E-state index in [-0.39, 0.29) is 15.6 Å². The molecule has 0 fully saturated rings. The summed E-state index contributed by atoms with van der Waals surface area (Å²) >= 11 is 6.21. The summed E-state index contributed by atoms with van der Waals surface area (Å²) in [4.78, 5) is 12.7. The molecule has 1 amide bonds. The highest BCUT2D eigenvalue weighted by Crippen LogP contribution is 2.32. The Morgan fingerprint density at radius 2 is 1.74 bits per heavy atom. The molecule has 10 heteroatoms. The Kier molecular flexibility index (Phi) is 7.90. The van der Waals surface area contributed by atoms with Gasteiger partial charge in [0.2, 0.25) is 0 Å². The van der Waals surface area contributed by atoms with Crippen LogP contribution in [0, 0.1) is 12.7 Å². The summed E-state index contributed by atoms with van der Waals surface area (Å²) in [5.74, 6) is -0.707. The van der Waals surface area contributed by atoms with Gasteiger partial charge in [-0.05, 0) is 61.9 Å². The molecule has 34 heavy (non-hydrogen) atoms. The van der Waals surface area contributed by atoms with E-state index >= 15 is 0 Å². The zero-order valence-corrected chi connectivity index (χ0v) is 20.3. The number of ether oxygens (including phenoxy) is 1. The number of carbonyl (C=O) groups is 1. The largest absolute Gasteiger partial charge is 0.495 e. The van der Waals surface area contributed by atoms with Crippen molar-refractivity contribution in [2.45, 2.75) is 18.7 Å². The molecule has 0 aliphatic rings. The average Bonchev–Trinajstić information content (AvgIpc) is 2.81. The molecule has 7 nitrogen and oxygen atoms in total. The van der Waals surface area contributed by atoms with Gasteiger partial charge in [0.25, 0.3) is 15.9 Å². The summed E-state index contributed by atoms with van der Waals surface area (Å²) in [6.45, 7) is 2.92. The lowest BCUT2D eigenvalue weighted by Gasteiger charge is -2.24. The van der Waals surface area contributed by atoms with Gasteiger partial charge in [0.15, 0.2) is 0 Å². The number of hydrazone groups is 1. The molecule has 0 saturated carbocycles. The maximum atomic E-state index is 13.4. The van der Waals surface area contributed by atoms with Crippen LogP contribution < -0.4 is 14.5 Å². The quantitative estimate of drug-likeness (QED) is 0.361. The van der Waals surface area contributed by atoms with Crippen molar-refractivity contribution >= 4 is 38.9 Å². The number of sulfonamides is 1. The van der Waals surface area contributed by atoms with Crippen LogP contribution in [0.4, 0.5) is 10.1 Å². The molecule has 178 valence electrons. The third-order valence-corrected chi connectivity index (χ3v) is 7.01. The number of nitrogens with one attached hydrogen (secondary N) is 1. The zero-order valence-electron chi connectivity index (χ0n) is 18.7. The normalized spacial score (nSPS) is 11.7. The van der Waals surface area contributed by atoms with Crippen LogP contribution in [0.2, 0.25) is 5.02 Å². The highest BCUT2D eigenvalue weighted by atomic mass is 35.5. The van der Waals surface area contributed by atoms with Crippen molar-refractivity contribution in [1.29, 1.82) is 0 Å². The van der Waals surface area contributed by atoms with E-state index < -0.39 is 28.3 Å². The molecular weight excluding hydrogens is 481 g/mol. The van der Waals surface area contributed by atoms with Gasteiger partial charge in [-0.2, -0.15) is 5.10 Å². The van der Waals surface area contributed by atoms with Crippen molar-refractivity contribution in [3.63, 3.8) is 0 Å². The molecule has 0 unspecified atom stereocenters. The fourth-order valence-corrected chi connectivity index (χ4v) is 4.70. The predicted molar refractivity (Wildman–Crippen MR) is 130 cm³/mol. The number of halogens is 2. The number of rotatable bonds is 8. The van der Waals surface area contributed by atoms with E-state index in [1.165, 1.54) is 61.7 Å². The van der Waals surface area contributed by atoms with Crippen LogP contribution in [-0.4, -0.2) is 33.7 Å². The Bertz CT molecular complexity index is 1310. The molecule has 0 heterocycles. The van der Waals surface area contributed by atoms with Gasteiger partial charge in [0, 0.05) is 0 Å². The maximum Gasteiger partial charge on any atom is 0.264 e. The Morgan fingerprint density at radius 1 is 1.09 bits per heavy atom. The molecule has 0 atom stereocenters. The van der Waals surface area contributed by atoms with E-state index in [1.807, 2.05) is 6.92 Å². The van der Waals surface area contributed by atoms with Crippen LogP contribution in [0.5, 0.6) is 5.75 Å². The van der Waals surface area contributed by atoms with Crippen LogP contribution in [0.15, 0.2) is 76.7 Å². The van der Waals surface area contributed by atoms with E-state index in [1.54, 1.807) is 19.1 Å². The first-order valence-electron chi connectivity index (χ1n) is 10.1. The summed E-state index contributed by atoms with van der Waals surface area (Å²) in [6, 6.07) is 16.3. The number of hydrogen-bond acceptors (Lipinski definition) is 5. The van der Waals surface area contributed by atoms with E-state index in [0.29, 0.717) is 17.0 Å². The minimum atomic E-state index is -4.11. The van der Waals surface area contributed by atoms with Crippen LogP contribution in [-0.2, 0) is 14.8 Å². The molecule has 0 spiro atoms. The second-order valence-electron chi connectivity index (χ2n) is 7.38. The molecule has 3 aromatic carbocycles. The number of carbonyl (C=O) groups excluding carboxylic acids is 1. The molecule has 0 aromatic heterocycles. The summed E-state index contributed by atoms with van der Waals surface area (Å²) in [5.41, 5.74) is 4.46. The van der Waals surface area contributed by atoms with Crippen LogP contribution in [0.3, 0.4) is 0 Å². The molecule has 0 bridgehead atoms. The maximum absolute atomic E-state index is 13.4. The smallest absolute Gasteiger partial charge is 0.264 e. The lowest BCUT2D eigenvalue weighted by atomic mass is 10.1. The molecular formula is C24H23ClFN3O4S. The van der Waals surface area contributed by atoms with Gasteiger partial charge in [-0.15, -0.1) is 0 Å². The van der Waals surface area contributed by atoms with E-state index in [9.17, 15) is 17.6 Å². The van der Waals surface area contributed by atoms with Crippen molar-refractivity contribution in [1.82, 2.24) is 5.43 Å². The van der Waals surface area contributed by atoms with Crippen molar-refractivity contribution in [3.8, 4) is 5.75 Å². The predicted octanol–water partition coefficient (Wildman–Crippen LogP) is 4.53. The monoisotopic (exact) mass is 503 g/mol. The van der Waals surface area contributed by atoms with Gasteiger partial charge in [0.05, 0.1) is 28.4 Å². The van der Waals surface area contributed by atoms with E-state index in [4.69, 9.17) is 16.3 Å². The molecule has 0 radical (unpaired) electrons. The Morgan fingerprint density at radius 3 is 2.32 bits per heavy atom. The number of nitrogens with zero attached hydrogens (tertiary/aromatic N) is 2. The van der Waals surface area contributed by atoms with Gasteiger partial charge in [-0.25, -0.2) is 18.2 Å². The van der Waals surface area contributed by atoms with Crippen molar-refractivity contribution < 1.29 is 22.3 Å². The summed E-state index contributed by atoms with van der Waals surface area (Å²) < 4.78 is 46.1. The standard InChI is InChI=1S/C24H23ClFN3O4S/c1-16-4-11-21(12-5-16)34(31,32)29(20-10-13-23(33-3)22(25)14-20)15-24(30)28-27-17(2)18-6-8-19(26)9-7-18/h4-14H,15H2,1-3H3,(H,28,30)/b27-17-. The second kappa shape index (κ2) is 10.7. The van der Waals surface area contributed by atoms with E-state index in [2.05, 4.69) is 10.5 Å². The van der Waals surface area contributed by atoms with Crippen LogP contribution >= 0.6 is 11.6 Å². The van der Waals surface area contributed by atoms with Gasteiger partial charge < -0.3 is 4.74 Å². The highest BCUT2D eigenvalue weighted by Gasteiger charge is 2.28. The van der Waals surface area contributed by atoms with E-state index in [0.717, 1.165) is 9.87 Å². The SMILES string of the molecule is COc1ccc(N(CC(=O)N/N=C(/C)c2ccc(F)cc2)S(=O)(=O)c2ccc(C)cc2)cc1Cl. The fraction of sp³-hybridized carbons (Fsp3) is 0.167. The Hall–Kier alpha value is -3.43. The van der Waals surface area contributed by atoms with Gasteiger partial charge in [0.1, 0.15) is 18.1 Å². The lowest BCUT2D eigenvalue weighted by molar-refractivity contribution is -0.119. The van der Waals surface area contributed by atoms with Crippen molar-refractivity contribution in [3.05, 3.63) is 88.7 Å². The van der Waals surface area contributed by atoms with Gasteiger partial charge in [-0.1, -0.05) is 41.4 Å². The molecule has 0 aliphatic heterocycles. The number of anilines is 1. The second-order valence-corrected chi connectivity index (χ2v) is 9.65. The number of aryl methyl sites for hydroxylation is 1. The first-order valence-corrected chi connectivity index (χ1v) is 12.0. The first kappa shape index (κ1) is 25.2. The van der Waals surface area contributed by atoms with Crippen molar-refractivity contribution in [2.75, 3.05) is 18.0 Å². The van der Waals surface area contributed by atoms with Crippen LogP contribution in [0.1, 0.15) is 18.1 Å². The minimum Gasteiger partial charge on any atom is -0.495 e.